The number of ether oxygens (including phenoxy) is 1. The average Bonchev–Trinajstić information content (AvgIpc) is 2.59. The second-order valence-electron chi connectivity index (χ2n) is 2.98. The van der Waals surface area contributed by atoms with Crippen molar-refractivity contribution < 1.29 is 9.53 Å². The van der Waals surface area contributed by atoms with Gasteiger partial charge < -0.3 is 4.74 Å². The number of amides is 1. The van der Waals surface area contributed by atoms with E-state index in [2.05, 4.69) is 15.0 Å². The van der Waals surface area contributed by atoms with Gasteiger partial charge in [0, 0.05) is 6.42 Å². The number of nitrogens with one attached hydrogen (secondary N) is 1. The minimum atomic E-state index is -0.475. The highest BCUT2D eigenvalue weighted by Crippen LogP contribution is 2.24. The number of aliphatic imine (C=N–C) groups is 1. The van der Waals surface area contributed by atoms with Crippen molar-refractivity contribution >= 4 is 17.6 Å². The Bertz CT molecular complexity index is 399. The number of para-hydroxylation sites is 1. The largest absolute Gasteiger partial charge is 0.453 e. The molecular weight excluding hydrogens is 180 g/mol. The first-order valence-electron chi connectivity index (χ1n) is 4.30. The first kappa shape index (κ1) is 8.74. The first-order valence-corrected chi connectivity index (χ1v) is 4.30. The van der Waals surface area contributed by atoms with Gasteiger partial charge in [0.2, 0.25) is 0 Å². The van der Waals surface area contributed by atoms with Gasteiger partial charge in [-0.05, 0) is 11.6 Å². The zero-order valence-electron chi connectivity index (χ0n) is 7.78. The van der Waals surface area contributed by atoms with Crippen LogP contribution in [0.2, 0.25) is 0 Å². The Morgan fingerprint density at radius 1 is 1.50 bits per heavy atom. The number of nitrogens with zero attached hydrogens (tertiary/aromatic N) is 1. The van der Waals surface area contributed by atoms with Gasteiger partial charge in [-0.1, -0.05) is 18.2 Å². The van der Waals surface area contributed by atoms with Gasteiger partial charge in [0.25, 0.3) is 0 Å². The van der Waals surface area contributed by atoms with Crippen molar-refractivity contribution in [1.29, 1.82) is 0 Å². The molecule has 0 spiro atoms. The van der Waals surface area contributed by atoms with Crippen LogP contribution >= 0.6 is 0 Å². The van der Waals surface area contributed by atoms with Crippen LogP contribution in [0.25, 0.3) is 0 Å². The van der Waals surface area contributed by atoms with Crippen molar-refractivity contribution in [2.45, 2.75) is 6.42 Å². The van der Waals surface area contributed by atoms with Crippen LogP contribution in [-0.2, 0) is 11.2 Å². The highest BCUT2D eigenvalue weighted by Gasteiger charge is 2.15. The summed E-state index contributed by atoms with van der Waals surface area (Å²) in [5, 5.41) is 2.56. The van der Waals surface area contributed by atoms with Crippen LogP contribution in [0.4, 0.5) is 10.5 Å². The summed E-state index contributed by atoms with van der Waals surface area (Å²) in [4.78, 5) is 15.1. The van der Waals surface area contributed by atoms with Crippen LogP contribution in [0.1, 0.15) is 5.56 Å². The summed E-state index contributed by atoms with van der Waals surface area (Å²) < 4.78 is 4.48. The Morgan fingerprint density at radius 2 is 2.29 bits per heavy atom. The third kappa shape index (κ3) is 1.59. The molecule has 1 aromatic carbocycles. The van der Waals surface area contributed by atoms with E-state index in [9.17, 15) is 4.79 Å². The van der Waals surface area contributed by atoms with E-state index < -0.39 is 6.09 Å². The van der Waals surface area contributed by atoms with Crippen molar-refractivity contribution in [2.24, 2.45) is 4.99 Å². The number of benzene rings is 1. The fraction of sp³-hybridized carbons (Fsp3) is 0.200. The number of fused-ring (bicyclic) bond motifs is 1. The number of carbonyl (C=O) groups excluding carboxylic acids is 1. The Balaban J connectivity index is 2.12. The molecule has 0 bridgehead atoms. The molecule has 1 amide bonds. The van der Waals surface area contributed by atoms with Gasteiger partial charge in [-0.2, -0.15) is 0 Å². The van der Waals surface area contributed by atoms with Crippen molar-refractivity contribution in [1.82, 2.24) is 5.32 Å². The molecule has 0 atom stereocenters. The molecule has 0 fully saturated rings. The molecule has 1 heterocycles. The van der Waals surface area contributed by atoms with Crippen LogP contribution in [0.3, 0.4) is 0 Å². The maximum Gasteiger partial charge on any atom is 0.412 e. The normalized spacial score (nSPS) is 13.1. The quantitative estimate of drug-likeness (QED) is 0.676. The number of rotatable bonds is 0. The molecule has 1 aliphatic heterocycles. The monoisotopic (exact) mass is 190 g/mol. The number of methoxy groups -OCH3 is 1. The third-order valence-corrected chi connectivity index (χ3v) is 2.04. The van der Waals surface area contributed by atoms with Gasteiger partial charge in [0.05, 0.1) is 12.8 Å². The predicted molar refractivity (Wildman–Crippen MR) is 52.8 cm³/mol. The predicted octanol–water partition coefficient (Wildman–Crippen LogP) is 1.63. The molecule has 0 unspecified atom stereocenters. The molecule has 1 N–H and O–H groups in total. The summed E-state index contributed by atoms with van der Waals surface area (Å²) in [7, 11) is 1.33. The summed E-state index contributed by atoms with van der Waals surface area (Å²) in [6.45, 7) is 0. The molecule has 0 aliphatic carbocycles. The lowest BCUT2D eigenvalue weighted by Crippen LogP contribution is -2.30. The summed E-state index contributed by atoms with van der Waals surface area (Å²) in [6.07, 6.45) is 0.183. The van der Waals surface area contributed by atoms with Crippen LogP contribution < -0.4 is 5.32 Å². The minimum Gasteiger partial charge on any atom is -0.453 e. The van der Waals surface area contributed by atoms with Crippen molar-refractivity contribution in [3.05, 3.63) is 29.8 Å². The molecular formula is C10H10N2O2. The summed E-state index contributed by atoms with van der Waals surface area (Å²) >= 11 is 0. The van der Waals surface area contributed by atoms with Gasteiger partial charge in [-0.15, -0.1) is 0 Å². The van der Waals surface area contributed by atoms with Crippen molar-refractivity contribution in [3.8, 4) is 0 Å². The van der Waals surface area contributed by atoms with Gasteiger partial charge in [0.15, 0.2) is 0 Å². The second-order valence-corrected chi connectivity index (χ2v) is 2.98. The molecule has 2 rings (SSSR count). The molecule has 1 aromatic rings. The van der Waals surface area contributed by atoms with Gasteiger partial charge in [0.1, 0.15) is 5.84 Å². The van der Waals surface area contributed by atoms with Crippen LogP contribution in [0, 0.1) is 0 Å². The molecule has 72 valence electrons. The van der Waals surface area contributed by atoms with Gasteiger partial charge in [-0.25, -0.2) is 9.79 Å². The molecule has 0 aromatic heterocycles. The Labute approximate surface area is 81.6 Å². The maximum absolute atomic E-state index is 10.9. The SMILES string of the molecule is COC(=O)NC1=Nc2ccccc2C1. The van der Waals surface area contributed by atoms with Gasteiger partial charge in [-0.3, -0.25) is 5.32 Å². The lowest BCUT2D eigenvalue weighted by atomic mass is 10.1. The maximum atomic E-state index is 10.9. The Hall–Kier alpha value is -1.84. The lowest BCUT2D eigenvalue weighted by Gasteiger charge is -2.00. The summed E-state index contributed by atoms with van der Waals surface area (Å²) in [5.74, 6) is 0.637. The Kier molecular flexibility index (Phi) is 2.18. The fourth-order valence-corrected chi connectivity index (χ4v) is 1.38. The highest BCUT2D eigenvalue weighted by molar-refractivity contribution is 6.00. The molecule has 1 aliphatic rings. The van der Waals surface area contributed by atoms with Crippen LogP contribution in [-0.4, -0.2) is 19.0 Å². The highest BCUT2D eigenvalue weighted by atomic mass is 16.5. The van der Waals surface area contributed by atoms with E-state index in [1.807, 2.05) is 24.3 Å². The first-order chi connectivity index (χ1) is 6.79. The Morgan fingerprint density at radius 3 is 3.00 bits per heavy atom. The molecule has 0 saturated heterocycles. The van der Waals surface area contributed by atoms with E-state index in [1.165, 1.54) is 7.11 Å². The van der Waals surface area contributed by atoms with Gasteiger partial charge >= 0.3 is 6.09 Å². The van der Waals surface area contributed by atoms with Crippen molar-refractivity contribution in [2.75, 3.05) is 7.11 Å². The molecule has 0 radical (unpaired) electrons. The molecule has 4 heteroatoms. The zero-order valence-corrected chi connectivity index (χ0v) is 7.78. The van der Waals surface area contributed by atoms with E-state index in [1.54, 1.807) is 0 Å². The number of alkyl carbamates (subject to hydrolysis) is 1. The number of amidine groups is 1. The van der Waals surface area contributed by atoms with Crippen LogP contribution in [0.15, 0.2) is 29.3 Å². The third-order valence-electron chi connectivity index (χ3n) is 2.04. The summed E-state index contributed by atoms with van der Waals surface area (Å²) in [5.41, 5.74) is 2.04. The summed E-state index contributed by atoms with van der Waals surface area (Å²) in [6, 6.07) is 7.78. The molecule has 0 saturated carbocycles. The van der Waals surface area contributed by atoms with E-state index in [4.69, 9.17) is 0 Å². The topological polar surface area (TPSA) is 50.7 Å². The second kappa shape index (κ2) is 3.49. The smallest absolute Gasteiger partial charge is 0.412 e. The number of hydrogen-bond acceptors (Lipinski definition) is 3. The fourth-order valence-electron chi connectivity index (χ4n) is 1.38. The van der Waals surface area contributed by atoms with Crippen LogP contribution in [0.5, 0.6) is 0 Å². The van der Waals surface area contributed by atoms with E-state index in [0.717, 1.165) is 11.3 Å². The lowest BCUT2D eigenvalue weighted by molar-refractivity contribution is 0.176. The van der Waals surface area contributed by atoms with E-state index >= 15 is 0 Å². The van der Waals surface area contributed by atoms with E-state index in [-0.39, 0.29) is 0 Å². The number of hydrogen-bond donors (Lipinski definition) is 1. The number of carbonyl (C=O) groups is 1. The average molecular weight is 190 g/mol. The zero-order chi connectivity index (χ0) is 9.97. The minimum absolute atomic E-state index is 0.475. The molecule has 4 nitrogen and oxygen atoms in total. The standard InChI is InChI=1S/C10H10N2O2/c1-14-10(13)12-9-6-7-4-2-3-5-8(7)11-9/h2-5H,6H2,1H3,(H,11,12,13). The van der Waals surface area contributed by atoms with E-state index in [0.29, 0.717) is 12.3 Å². The van der Waals surface area contributed by atoms with Crippen molar-refractivity contribution in [3.63, 3.8) is 0 Å². The molecule has 14 heavy (non-hydrogen) atoms.